The minimum absolute atomic E-state index is 0.232. The summed E-state index contributed by atoms with van der Waals surface area (Å²) >= 11 is 0. The van der Waals surface area contributed by atoms with Crippen LogP contribution in [0.1, 0.15) is 29.3 Å². The van der Waals surface area contributed by atoms with Crippen molar-refractivity contribution in [1.29, 1.82) is 0 Å². The van der Waals surface area contributed by atoms with Gasteiger partial charge in [-0.15, -0.1) is 0 Å². The molecule has 25 heavy (non-hydrogen) atoms. The molecule has 1 unspecified atom stereocenters. The van der Waals surface area contributed by atoms with Gasteiger partial charge in [-0.2, -0.15) is 5.10 Å². The topological polar surface area (TPSA) is 69.1 Å². The van der Waals surface area contributed by atoms with Crippen molar-refractivity contribution in [1.82, 2.24) is 19.6 Å². The largest absolute Gasteiger partial charge is 0.382 e. The van der Waals surface area contributed by atoms with Crippen LogP contribution in [0.2, 0.25) is 0 Å². The standard InChI is InChI=1S/C20H17N5/c21-19-18-17(14-7-2-1-3-8-14)24-20(25(18)23-12-22-19)16-11-10-13-6-4-5-9-15(13)16/h1-9,12,16H,10-11H2,(H2,21,22,23). The highest BCUT2D eigenvalue weighted by molar-refractivity contribution is 5.85. The third-order valence-corrected chi connectivity index (χ3v) is 4.98. The van der Waals surface area contributed by atoms with Crippen molar-refractivity contribution in [3.05, 3.63) is 77.9 Å². The number of anilines is 1. The zero-order valence-electron chi connectivity index (χ0n) is 13.6. The van der Waals surface area contributed by atoms with Crippen molar-refractivity contribution in [2.24, 2.45) is 0 Å². The van der Waals surface area contributed by atoms with Crippen molar-refractivity contribution in [2.75, 3.05) is 5.73 Å². The first-order valence-electron chi connectivity index (χ1n) is 8.45. The van der Waals surface area contributed by atoms with Crippen LogP contribution in [0.15, 0.2) is 60.9 Å². The lowest BCUT2D eigenvalue weighted by molar-refractivity contribution is 0.693. The Bertz CT molecular complexity index is 1070. The number of fused-ring (bicyclic) bond motifs is 2. The van der Waals surface area contributed by atoms with E-state index in [1.54, 1.807) is 0 Å². The molecule has 0 radical (unpaired) electrons. The van der Waals surface area contributed by atoms with Gasteiger partial charge in [-0.1, -0.05) is 54.6 Å². The van der Waals surface area contributed by atoms with Crippen LogP contribution in [0.4, 0.5) is 5.82 Å². The second-order valence-electron chi connectivity index (χ2n) is 6.38. The maximum atomic E-state index is 6.19. The molecule has 1 atom stereocenters. The fourth-order valence-electron chi connectivity index (χ4n) is 3.83. The maximum Gasteiger partial charge on any atom is 0.153 e. The van der Waals surface area contributed by atoms with Gasteiger partial charge >= 0.3 is 0 Å². The van der Waals surface area contributed by atoms with Crippen LogP contribution < -0.4 is 5.73 Å². The highest BCUT2D eigenvalue weighted by Crippen LogP contribution is 2.39. The van der Waals surface area contributed by atoms with Crippen LogP contribution in [-0.4, -0.2) is 19.6 Å². The summed E-state index contributed by atoms with van der Waals surface area (Å²) < 4.78 is 1.87. The molecule has 0 aliphatic heterocycles. The van der Waals surface area contributed by atoms with Gasteiger partial charge in [0.1, 0.15) is 23.4 Å². The van der Waals surface area contributed by atoms with Crippen LogP contribution in [-0.2, 0) is 6.42 Å². The number of hydrogen-bond donors (Lipinski definition) is 1. The van der Waals surface area contributed by atoms with Gasteiger partial charge in [-0.05, 0) is 24.0 Å². The monoisotopic (exact) mass is 327 g/mol. The van der Waals surface area contributed by atoms with Crippen molar-refractivity contribution >= 4 is 11.3 Å². The Morgan fingerprint density at radius 1 is 1.00 bits per heavy atom. The summed E-state index contributed by atoms with van der Waals surface area (Å²) in [6.07, 6.45) is 3.61. The van der Waals surface area contributed by atoms with Crippen molar-refractivity contribution < 1.29 is 0 Å². The lowest BCUT2D eigenvalue weighted by Gasteiger charge is -2.09. The zero-order valence-corrected chi connectivity index (χ0v) is 13.6. The average molecular weight is 327 g/mol. The van der Waals surface area contributed by atoms with E-state index in [-0.39, 0.29) is 5.92 Å². The summed E-state index contributed by atoms with van der Waals surface area (Å²) in [6, 6.07) is 18.7. The normalized spacial score (nSPS) is 16.2. The molecular weight excluding hydrogens is 310 g/mol. The predicted molar refractivity (Wildman–Crippen MR) is 97.2 cm³/mol. The Morgan fingerprint density at radius 2 is 1.80 bits per heavy atom. The van der Waals surface area contributed by atoms with Gasteiger partial charge in [-0.3, -0.25) is 0 Å². The summed E-state index contributed by atoms with van der Waals surface area (Å²) in [5.74, 6) is 1.63. The molecule has 4 aromatic rings. The SMILES string of the molecule is Nc1ncnn2c(C3CCc4ccccc43)nc(-c3ccccc3)c12. The number of imidazole rings is 1. The third kappa shape index (κ3) is 2.12. The van der Waals surface area contributed by atoms with Gasteiger partial charge in [-0.25, -0.2) is 14.5 Å². The quantitative estimate of drug-likeness (QED) is 0.612. The molecular formula is C20H17N5. The van der Waals surface area contributed by atoms with Crippen LogP contribution in [0.25, 0.3) is 16.8 Å². The van der Waals surface area contributed by atoms with Gasteiger partial charge in [0.15, 0.2) is 5.82 Å². The first-order valence-corrected chi connectivity index (χ1v) is 8.45. The highest BCUT2D eigenvalue weighted by atomic mass is 15.3. The fraction of sp³-hybridized carbons (Fsp3) is 0.150. The zero-order chi connectivity index (χ0) is 16.8. The average Bonchev–Trinajstić information content (AvgIpc) is 3.24. The molecule has 0 saturated carbocycles. The summed E-state index contributed by atoms with van der Waals surface area (Å²) in [7, 11) is 0. The molecule has 0 bridgehead atoms. The molecule has 2 aromatic heterocycles. The molecule has 122 valence electrons. The van der Waals surface area contributed by atoms with Gasteiger partial charge < -0.3 is 5.73 Å². The van der Waals surface area contributed by atoms with Crippen LogP contribution in [0.5, 0.6) is 0 Å². The number of aryl methyl sites for hydroxylation is 1. The van der Waals surface area contributed by atoms with Gasteiger partial charge in [0, 0.05) is 11.5 Å². The number of nitrogens with two attached hydrogens (primary N) is 1. The molecule has 1 aliphatic rings. The van der Waals surface area contributed by atoms with Gasteiger partial charge in [0.2, 0.25) is 0 Å². The molecule has 0 fully saturated rings. The Balaban J connectivity index is 1.77. The molecule has 2 aromatic carbocycles. The lowest BCUT2D eigenvalue weighted by Crippen LogP contribution is -2.06. The third-order valence-electron chi connectivity index (χ3n) is 4.98. The smallest absolute Gasteiger partial charge is 0.153 e. The maximum absolute atomic E-state index is 6.19. The Hall–Kier alpha value is -3.21. The van der Waals surface area contributed by atoms with E-state index in [1.165, 1.54) is 17.5 Å². The first kappa shape index (κ1) is 14.2. The fourth-order valence-corrected chi connectivity index (χ4v) is 3.83. The van der Waals surface area contributed by atoms with E-state index in [4.69, 9.17) is 10.7 Å². The molecule has 5 nitrogen and oxygen atoms in total. The summed E-state index contributed by atoms with van der Waals surface area (Å²) in [5, 5.41) is 4.47. The number of aromatic nitrogens is 4. The van der Waals surface area contributed by atoms with E-state index in [0.29, 0.717) is 5.82 Å². The number of hydrogen-bond acceptors (Lipinski definition) is 4. The van der Waals surface area contributed by atoms with Crippen molar-refractivity contribution in [2.45, 2.75) is 18.8 Å². The molecule has 0 amide bonds. The van der Waals surface area contributed by atoms with E-state index >= 15 is 0 Å². The molecule has 0 spiro atoms. The van der Waals surface area contributed by atoms with Crippen LogP contribution in [0, 0.1) is 0 Å². The molecule has 2 heterocycles. The van der Waals surface area contributed by atoms with Crippen LogP contribution in [0.3, 0.4) is 0 Å². The van der Waals surface area contributed by atoms with E-state index in [1.807, 2.05) is 34.8 Å². The lowest BCUT2D eigenvalue weighted by atomic mass is 10.0. The number of nitrogens with zero attached hydrogens (tertiary/aromatic N) is 4. The summed E-state index contributed by atoms with van der Waals surface area (Å²) in [4.78, 5) is 9.17. The second kappa shape index (κ2) is 5.41. The van der Waals surface area contributed by atoms with Crippen molar-refractivity contribution in [3.63, 3.8) is 0 Å². The minimum Gasteiger partial charge on any atom is -0.382 e. The number of rotatable bonds is 2. The molecule has 5 rings (SSSR count). The van der Waals surface area contributed by atoms with Crippen molar-refractivity contribution in [3.8, 4) is 11.3 Å². The minimum atomic E-state index is 0.232. The Kier molecular flexibility index (Phi) is 3.06. The highest BCUT2D eigenvalue weighted by Gasteiger charge is 2.29. The van der Waals surface area contributed by atoms with Gasteiger partial charge in [0.25, 0.3) is 0 Å². The Morgan fingerprint density at radius 3 is 2.68 bits per heavy atom. The number of benzene rings is 2. The molecule has 2 N–H and O–H groups in total. The second-order valence-corrected chi connectivity index (χ2v) is 6.38. The molecule has 5 heteroatoms. The van der Waals surface area contributed by atoms with E-state index in [9.17, 15) is 0 Å². The summed E-state index contributed by atoms with van der Waals surface area (Å²) in [5.41, 5.74) is 11.6. The molecule has 0 saturated heterocycles. The van der Waals surface area contributed by atoms with E-state index < -0.39 is 0 Å². The molecule has 1 aliphatic carbocycles. The van der Waals surface area contributed by atoms with Gasteiger partial charge in [0.05, 0.1) is 0 Å². The van der Waals surface area contributed by atoms with E-state index in [2.05, 4.69) is 34.3 Å². The van der Waals surface area contributed by atoms with E-state index in [0.717, 1.165) is 35.4 Å². The predicted octanol–water partition coefficient (Wildman–Crippen LogP) is 3.45. The van der Waals surface area contributed by atoms with Crippen LogP contribution >= 0.6 is 0 Å². The number of nitrogen functional groups attached to an aromatic ring is 1. The first-order chi connectivity index (χ1) is 12.3. The summed E-state index contributed by atoms with van der Waals surface area (Å²) in [6.45, 7) is 0. The Labute approximate surface area is 145 Å².